The number of rotatable bonds is 4. The molecule has 2 rings (SSSR count). The number of carbonyl (C=O) groups is 1. The van der Waals surface area contributed by atoms with E-state index in [1.807, 2.05) is 39.0 Å². The van der Waals surface area contributed by atoms with Crippen molar-refractivity contribution in [1.82, 2.24) is 10.6 Å². The molecule has 1 fully saturated rings. The summed E-state index contributed by atoms with van der Waals surface area (Å²) in [6, 6.07) is 10.8. The third-order valence-electron chi connectivity index (χ3n) is 3.88. The molecule has 1 aliphatic rings. The van der Waals surface area contributed by atoms with Gasteiger partial charge in [0, 0.05) is 18.6 Å². The van der Waals surface area contributed by atoms with Gasteiger partial charge in [-0.2, -0.15) is 0 Å². The highest BCUT2D eigenvalue weighted by Gasteiger charge is 2.27. The van der Waals surface area contributed by atoms with E-state index in [-0.39, 0.29) is 12.1 Å². The number of alkyl carbamates (subject to hydrolysis) is 1. The van der Waals surface area contributed by atoms with Crippen LogP contribution in [0.3, 0.4) is 0 Å². The summed E-state index contributed by atoms with van der Waals surface area (Å²) in [5.41, 5.74) is 0.815. The Kier molecular flexibility index (Phi) is 5.83. The quantitative estimate of drug-likeness (QED) is 0.893. The average molecular weight is 304 g/mol. The molecule has 0 saturated heterocycles. The molecular formula is C18H28N2O2. The summed E-state index contributed by atoms with van der Waals surface area (Å²) in [6.07, 6.45) is 4.15. The highest BCUT2D eigenvalue weighted by molar-refractivity contribution is 5.68. The summed E-state index contributed by atoms with van der Waals surface area (Å²) in [6.45, 7) is 6.49. The third-order valence-corrected chi connectivity index (χ3v) is 3.88. The molecule has 0 aliphatic heterocycles. The number of ether oxygens (including phenoxy) is 1. The lowest BCUT2D eigenvalue weighted by atomic mass is 9.90. The zero-order valence-electron chi connectivity index (χ0n) is 13.9. The fraction of sp³-hybridized carbons (Fsp3) is 0.611. The SMILES string of the molecule is CC(C)(C)OC(=O)N[C@H]1CCCC[C@H]1NCc1ccccc1. The molecule has 1 aliphatic carbocycles. The highest BCUT2D eigenvalue weighted by atomic mass is 16.6. The molecule has 2 atom stereocenters. The summed E-state index contributed by atoms with van der Waals surface area (Å²) in [5, 5.41) is 6.62. The van der Waals surface area contributed by atoms with Crippen LogP contribution in [0, 0.1) is 0 Å². The van der Waals surface area contributed by atoms with E-state index in [1.54, 1.807) is 0 Å². The zero-order valence-corrected chi connectivity index (χ0v) is 13.9. The molecule has 0 heterocycles. The predicted molar refractivity (Wildman–Crippen MR) is 88.7 cm³/mol. The number of amides is 1. The zero-order chi connectivity index (χ0) is 16.0. The smallest absolute Gasteiger partial charge is 0.407 e. The maximum Gasteiger partial charge on any atom is 0.407 e. The van der Waals surface area contributed by atoms with Crippen LogP contribution in [0.1, 0.15) is 52.0 Å². The molecule has 22 heavy (non-hydrogen) atoms. The van der Waals surface area contributed by atoms with Gasteiger partial charge in [-0.15, -0.1) is 0 Å². The third kappa shape index (κ3) is 5.68. The maximum absolute atomic E-state index is 12.0. The Labute approximate surface area is 133 Å². The fourth-order valence-corrected chi connectivity index (χ4v) is 2.85. The Balaban J connectivity index is 1.86. The Hall–Kier alpha value is -1.55. The molecule has 4 nitrogen and oxygen atoms in total. The molecule has 1 aromatic rings. The molecule has 4 heteroatoms. The lowest BCUT2D eigenvalue weighted by Gasteiger charge is -2.33. The van der Waals surface area contributed by atoms with Gasteiger partial charge in [-0.3, -0.25) is 0 Å². The average Bonchev–Trinajstić information content (AvgIpc) is 2.45. The van der Waals surface area contributed by atoms with Crippen LogP contribution in [0.4, 0.5) is 4.79 Å². The van der Waals surface area contributed by atoms with Gasteiger partial charge < -0.3 is 15.4 Å². The van der Waals surface area contributed by atoms with E-state index < -0.39 is 5.60 Å². The highest BCUT2D eigenvalue weighted by Crippen LogP contribution is 2.20. The number of carbonyl (C=O) groups excluding carboxylic acids is 1. The Morgan fingerprint density at radius 2 is 1.77 bits per heavy atom. The van der Waals surface area contributed by atoms with Gasteiger partial charge in [0.2, 0.25) is 0 Å². The van der Waals surface area contributed by atoms with Crippen molar-refractivity contribution in [2.75, 3.05) is 0 Å². The van der Waals surface area contributed by atoms with Crippen molar-refractivity contribution in [1.29, 1.82) is 0 Å². The molecule has 0 unspecified atom stereocenters. The first kappa shape index (κ1) is 16.8. The van der Waals surface area contributed by atoms with Crippen LogP contribution in [0.25, 0.3) is 0 Å². The first-order chi connectivity index (χ1) is 10.4. The molecule has 0 radical (unpaired) electrons. The second-order valence-corrected chi connectivity index (χ2v) is 7.01. The number of nitrogens with one attached hydrogen (secondary N) is 2. The van der Waals surface area contributed by atoms with E-state index in [9.17, 15) is 4.79 Å². The van der Waals surface area contributed by atoms with Gasteiger partial charge in [0.25, 0.3) is 0 Å². The maximum atomic E-state index is 12.0. The first-order valence-electron chi connectivity index (χ1n) is 8.21. The molecule has 1 aromatic carbocycles. The van der Waals surface area contributed by atoms with Crippen molar-refractivity contribution in [3.05, 3.63) is 35.9 Å². The van der Waals surface area contributed by atoms with Crippen LogP contribution in [0.2, 0.25) is 0 Å². The van der Waals surface area contributed by atoms with Crippen LogP contribution < -0.4 is 10.6 Å². The molecule has 1 saturated carbocycles. The van der Waals surface area contributed by atoms with Crippen molar-refractivity contribution in [2.24, 2.45) is 0 Å². The number of benzene rings is 1. The van der Waals surface area contributed by atoms with Gasteiger partial charge in [-0.05, 0) is 39.2 Å². The molecule has 0 spiro atoms. The van der Waals surface area contributed by atoms with E-state index in [0.29, 0.717) is 6.04 Å². The van der Waals surface area contributed by atoms with E-state index in [0.717, 1.165) is 25.8 Å². The summed E-state index contributed by atoms with van der Waals surface area (Å²) < 4.78 is 5.37. The van der Waals surface area contributed by atoms with E-state index in [1.165, 1.54) is 12.0 Å². The van der Waals surface area contributed by atoms with Crippen molar-refractivity contribution in [3.8, 4) is 0 Å². The lowest BCUT2D eigenvalue weighted by Crippen LogP contribution is -2.52. The summed E-state index contributed by atoms with van der Waals surface area (Å²) in [7, 11) is 0. The molecule has 1 amide bonds. The molecular weight excluding hydrogens is 276 g/mol. The molecule has 2 N–H and O–H groups in total. The lowest BCUT2D eigenvalue weighted by molar-refractivity contribution is 0.0479. The normalized spacial score (nSPS) is 22.1. The van der Waals surface area contributed by atoms with Crippen LogP contribution in [-0.4, -0.2) is 23.8 Å². The van der Waals surface area contributed by atoms with Gasteiger partial charge in [-0.25, -0.2) is 4.79 Å². The minimum Gasteiger partial charge on any atom is -0.444 e. The first-order valence-corrected chi connectivity index (χ1v) is 8.21. The van der Waals surface area contributed by atoms with Gasteiger partial charge >= 0.3 is 6.09 Å². The van der Waals surface area contributed by atoms with Gasteiger partial charge in [0.05, 0.1) is 0 Å². The van der Waals surface area contributed by atoms with E-state index in [4.69, 9.17) is 4.74 Å². The van der Waals surface area contributed by atoms with E-state index >= 15 is 0 Å². The summed E-state index contributed by atoms with van der Waals surface area (Å²) >= 11 is 0. The fourth-order valence-electron chi connectivity index (χ4n) is 2.85. The largest absolute Gasteiger partial charge is 0.444 e. The number of hydrogen-bond acceptors (Lipinski definition) is 3. The number of hydrogen-bond donors (Lipinski definition) is 2. The molecule has 122 valence electrons. The summed E-state index contributed by atoms with van der Waals surface area (Å²) in [4.78, 5) is 12.0. The van der Waals surface area contributed by atoms with Crippen LogP contribution in [0.15, 0.2) is 30.3 Å². The monoisotopic (exact) mass is 304 g/mol. The Morgan fingerprint density at radius 1 is 1.14 bits per heavy atom. The van der Waals surface area contributed by atoms with Gasteiger partial charge in [-0.1, -0.05) is 43.2 Å². The predicted octanol–water partition coefficient (Wildman–Crippen LogP) is 3.61. The molecule has 0 aromatic heterocycles. The summed E-state index contributed by atoms with van der Waals surface area (Å²) in [5.74, 6) is 0. The molecule has 0 bridgehead atoms. The second kappa shape index (κ2) is 7.63. The second-order valence-electron chi connectivity index (χ2n) is 7.01. The minimum atomic E-state index is -0.453. The van der Waals surface area contributed by atoms with Crippen molar-refractivity contribution in [2.45, 2.75) is 70.7 Å². The minimum absolute atomic E-state index is 0.146. The Bertz CT molecular complexity index is 468. The van der Waals surface area contributed by atoms with Gasteiger partial charge in [0.1, 0.15) is 5.60 Å². The van der Waals surface area contributed by atoms with Crippen LogP contribution in [-0.2, 0) is 11.3 Å². The van der Waals surface area contributed by atoms with Crippen molar-refractivity contribution >= 4 is 6.09 Å². The van der Waals surface area contributed by atoms with Crippen LogP contribution >= 0.6 is 0 Å². The van der Waals surface area contributed by atoms with Gasteiger partial charge in [0.15, 0.2) is 0 Å². The van der Waals surface area contributed by atoms with Crippen LogP contribution in [0.5, 0.6) is 0 Å². The van der Waals surface area contributed by atoms with E-state index in [2.05, 4.69) is 22.8 Å². The topological polar surface area (TPSA) is 50.4 Å². The Morgan fingerprint density at radius 3 is 2.41 bits per heavy atom. The van der Waals surface area contributed by atoms with Crippen molar-refractivity contribution < 1.29 is 9.53 Å². The standard InChI is InChI=1S/C18H28N2O2/c1-18(2,3)22-17(21)20-16-12-8-7-11-15(16)19-13-14-9-5-4-6-10-14/h4-6,9-10,15-16,19H,7-8,11-13H2,1-3H3,(H,20,21)/t15-,16+/m1/s1. The van der Waals surface area contributed by atoms with Crippen molar-refractivity contribution in [3.63, 3.8) is 0 Å².